The summed E-state index contributed by atoms with van der Waals surface area (Å²) in [6.45, 7) is 1.90. The summed E-state index contributed by atoms with van der Waals surface area (Å²) in [4.78, 5) is 22.4. The molecule has 8 heteroatoms. The lowest BCUT2D eigenvalue weighted by molar-refractivity contribution is 0.0695. The molecule has 3 N–H and O–H groups in total. The van der Waals surface area contributed by atoms with Crippen molar-refractivity contribution in [3.63, 3.8) is 0 Å². The van der Waals surface area contributed by atoms with Crippen molar-refractivity contribution in [2.45, 2.75) is 20.0 Å². The Balaban J connectivity index is 1.81. The molecule has 0 aliphatic heterocycles. The molecule has 0 spiro atoms. The van der Waals surface area contributed by atoms with Gasteiger partial charge in [-0.25, -0.2) is 9.59 Å². The van der Waals surface area contributed by atoms with E-state index in [0.717, 1.165) is 0 Å². The van der Waals surface area contributed by atoms with Crippen molar-refractivity contribution in [2.75, 3.05) is 0 Å². The predicted molar refractivity (Wildman–Crippen MR) is 71.5 cm³/mol. The first-order valence-electron chi connectivity index (χ1n) is 6.17. The summed E-state index contributed by atoms with van der Waals surface area (Å²) in [5, 5.41) is 21.6. The van der Waals surface area contributed by atoms with E-state index >= 15 is 0 Å². The van der Waals surface area contributed by atoms with Gasteiger partial charge in [0, 0.05) is 6.20 Å². The number of rotatable bonds is 5. The van der Waals surface area contributed by atoms with Crippen molar-refractivity contribution in [3.05, 3.63) is 47.2 Å². The van der Waals surface area contributed by atoms with E-state index in [2.05, 4.69) is 20.8 Å². The van der Waals surface area contributed by atoms with E-state index in [0.29, 0.717) is 17.2 Å². The third-order valence-corrected chi connectivity index (χ3v) is 2.68. The molecule has 110 valence electrons. The molecule has 2 aromatic rings. The molecule has 0 fully saturated rings. The van der Waals surface area contributed by atoms with Crippen LogP contribution in [0.25, 0.3) is 0 Å². The molecule has 21 heavy (non-hydrogen) atoms. The van der Waals surface area contributed by atoms with Gasteiger partial charge in [-0.05, 0) is 25.1 Å². The molecule has 0 aliphatic carbocycles. The third kappa shape index (κ3) is 4.03. The standard InChI is InChI=1S/C13H14N4O4/c1-8-11(12(18)19)5-10(21-8)7-15-13(20)14-6-9-3-2-4-16-17-9/h2-5H,6-7H2,1H3,(H,18,19)(H2,14,15,20). The molecule has 0 saturated heterocycles. The Bertz CT molecular complexity index is 639. The summed E-state index contributed by atoms with van der Waals surface area (Å²) >= 11 is 0. The average molecular weight is 290 g/mol. The fraction of sp³-hybridized carbons (Fsp3) is 0.231. The van der Waals surface area contributed by atoms with Gasteiger partial charge in [0.1, 0.15) is 17.1 Å². The first kappa shape index (κ1) is 14.5. The van der Waals surface area contributed by atoms with Crippen LogP contribution in [0.2, 0.25) is 0 Å². The van der Waals surface area contributed by atoms with Crippen molar-refractivity contribution in [3.8, 4) is 0 Å². The SMILES string of the molecule is Cc1oc(CNC(=O)NCc2cccnn2)cc1C(=O)O. The highest BCUT2D eigenvalue weighted by Gasteiger charge is 2.13. The van der Waals surface area contributed by atoms with E-state index in [1.807, 2.05) is 0 Å². The molecule has 0 unspecified atom stereocenters. The fourth-order valence-corrected chi connectivity index (χ4v) is 1.67. The minimum atomic E-state index is -1.06. The summed E-state index contributed by atoms with van der Waals surface area (Å²) in [5.41, 5.74) is 0.724. The first-order valence-corrected chi connectivity index (χ1v) is 6.17. The average Bonchev–Trinajstić information content (AvgIpc) is 2.85. The van der Waals surface area contributed by atoms with Crippen LogP contribution >= 0.6 is 0 Å². The molecule has 2 amide bonds. The molecule has 0 saturated carbocycles. The molecular weight excluding hydrogens is 276 g/mol. The van der Waals surface area contributed by atoms with Crippen LogP contribution < -0.4 is 10.6 Å². The fourth-order valence-electron chi connectivity index (χ4n) is 1.67. The zero-order valence-electron chi connectivity index (χ0n) is 11.3. The number of carbonyl (C=O) groups excluding carboxylic acids is 1. The van der Waals surface area contributed by atoms with Gasteiger partial charge in [-0.1, -0.05) is 0 Å². The van der Waals surface area contributed by atoms with Crippen LogP contribution in [0, 0.1) is 6.92 Å². The van der Waals surface area contributed by atoms with E-state index in [1.165, 1.54) is 6.07 Å². The smallest absolute Gasteiger partial charge is 0.339 e. The van der Waals surface area contributed by atoms with E-state index in [1.54, 1.807) is 25.3 Å². The second kappa shape index (κ2) is 6.51. The lowest BCUT2D eigenvalue weighted by Gasteiger charge is -2.05. The number of aromatic carboxylic acids is 1. The van der Waals surface area contributed by atoms with Crippen LogP contribution in [0.15, 0.2) is 28.8 Å². The van der Waals surface area contributed by atoms with E-state index in [4.69, 9.17) is 9.52 Å². The molecule has 2 rings (SSSR count). The van der Waals surface area contributed by atoms with Gasteiger partial charge in [-0.3, -0.25) is 0 Å². The van der Waals surface area contributed by atoms with Crippen molar-refractivity contribution in [2.24, 2.45) is 0 Å². The lowest BCUT2D eigenvalue weighted by Crippen LogP contribution is -2.34. The zero-order chi connectivity index (χ0) is 15.2. The normalized spacial score (nSPS) is 10.1. The molecule has 0 bridgehead atoms. The summed E-state index contributed by atoms with van der Waals surface area (Å²) in [6, 6.07) is 4.44. The van der Waals surface area contributed by atoms with E-state index < -0.39 is 12.0 Å². The molecular formula is C13H14N4O4. The molecule has 0 aliphatic rings. The maximum absolute atomic E-state index is 11.6. The topological polar surface area (TPSA) is 117 Å². The van der Waals surface area contributed by atoms with Crippen LogP contribution in [0.3, 0.4) is 0 Å². The third-order valence-electron chi connectivity index (χ3n) is 2.68. The Morgan fingerprint density at radius 1 is 1.33 bits per heavy atom. The van der Waals surface area contributed by atoms with Crippen molar-refractivity contribution < 1.29 is 19.1 Å². The number of carboxylic acids is 1. The largest absolute Gasteiger partial charge is 0.478 e. The van der Waals surface area contributed by atoms with Crippen molar-refractivity contribution >= 4 is 12.0 Å². The number of aromatic nitrogens is 2. The van der Waals surface area contributed by atoms with Crippen molar-refractivity contribution in [1.82, 2.24) is 20.8 Å². The number of nitrogens with one attached hydrogen (secondary N) is 2. The predicted octanol–water partition coefficient (Wildman–Crippen LogP) is 1.08. The van der Waals surface area contributed by atoms with Gasteiger partial charge in [0.05, 0.1) is 18.8 Å². The minimum Gasteiger partial charge on any atom is -0.478 e. The van der Waals surface area contributed by atoms with Crippen LogP contribution in [0.5, 0.6) is 0 Å². The van der Waals surface area contributed by atoms with Gasteiger partial charge >= 0.3 is 12.0 Å². The highest BCUT2D eigenvalue weighted by atomic mass is 16.4. The highest BCUT2D eigenvalue weighted by Crippen LogP contribution is 2.14. The number of nitrogens with zero attached hydrogens (tertiary/aromatic N) is 2. The van der Waals surface area contributed by atoms with Gasteiger partial charge in [0.25, 0.3) is 0 Å². The molecule has 0 radical (unpaired) electrons. The summed E-state index contributed by atoms with van der Waals surface area (Å²) in [6.07, 6.45) is 1.54. The second-order valence-corrected chi connectivity index (χ2v) is 4.24. The molecule has 0 atom stereocenters. The Labute approximate surface area is 120 Å². The lowest BCUT2D eigenvalue weighted by atomic mass is 10.2. The molecule has 8 nitrogen and oxygen atoms in total. The van der Waals surface area contributed by atoms with E-state index in [-0.39, 0.29) is 18.7 Å². The maximum atomic E-state index is 11.6. The Kier molecular flexibility index (Phi) is 4.50. The summed E-state index contributed by atoms with van der Waals surface area (Å²) in [5.74, 6) is -0.381. The first-order chi connectivity index (χ1) is 10.1. The Hall–Kier alpha value is -2.90. The van der Waals surface area contributed by atoms with Gasteiger partial charge in [0.2, 0.25) is 0 Å². The van der Waals surface area contributed by atoms with Gasteiger partial charge in [-0.15, -0.1) is 0 Å². The quantitative estimate of drug-likeness (QED) is 0.758. The number of hydrogen-bond donors (Lipinski definition) is 3. The second-order valence-electron chi connectivity index (χ2n) is 4.24. The number of furan rings is 1. The van der Waals surface area contributed by atoms with Crippen LogP contribution in [-0.2, 0) is 13.1 Å². The number of aryl methyl sites for hydroxylation is 1. The number of carbonyl (C=O) groups is 2. The van der Waals surface area contributed by atoms with Gasteiger partial charge in [-0.2, -0.15) is 10.2 Å². The molecule has 0 aromatic carbocycles. The van der Waals surface area contributed by atoms with Gasteiger partial charge < -0.3 is 20.2 Å². The maximum Gasteiger partial charge on any atom is 0.339 e. The van der Waals surface area contributed by atoms with Gasteiger partial charge in [0.15, 0.2) is 0 Å². The molecule has 2 aromatic heterocycles. The Morgan fingerprint density at radius 3 is 2.71 bits per heavy atom. The monoisotopic (exact) mass is 290 g/mol. The Morgan fingerprint density at radius 2 is 2.10 bits per heavy atom. The van der Waals surface area contributed by atoms with Crippen LogP contribution in [0.1, 0.15) is 27.6 Å². The van der Waals surface area contributed by atoms with Crippen LogP contribution in [0.4, 0.5) is 4.79 Å². The zero-order valence-corrected chi connectivity index (χ0v) is 11.3. The summed E-state index contributed by atoms with van der Waals surface area (Å²) in [7, 11) is 0. The van der Waals surface area contributed by atoms with E-state index in [9.17, 15) is 9.59 Å². The number of hydrogen-bond acceptors (Lipinski definition) is 5. The van der Waals surface area contributed by atoms with Crippen LogP contribution in [-0.4, -0.2) is 27.3 Å². The number of amides is 2. The number of urea groups is 1. The van der Waals surface area contributed by atoms with Crippen molar-refractivity contribution in [1.29, 1.82) is 0 Å². The number of carboxylic acid groups (broad SMARTS) is 1. The molecule has 2 heterocycles. The highest BCUT2D eigenvalue weighted by molar-refractivity contribution is 5.88. The summed E-state index contributed by atoms with van der Waals surface area (Å²) < 4.78 is 5.24. The minimum absolute atomic E-state index is 0.0896.